The normalized spacial score (nSPS) is 20.0. The Morgan fingerprint density at radius 2 is 1.92 bits per heavy atom. The summed E-state index contributed by atoms with van der Waals surface area (Å²) in [6, 6.07) is 4.20. The zero-order chi connectivity index (χ0) is 18.6. The molecule has 1 amide bonds. The summed E-state index contributed by atoms with van der Waals surface area (Å²) in [5, 5.41) is 10.8. The molecule has 0 saturated heterocycles. The summed E-state index contributed by atoms with van der Waals surface area (Å²) in [7, 11) is 1.74. The van der Waals surface area contributed by atoms with Gasteiger partial charge in [0.25, 0.3) is 11.6 Å². The molecule has 1 aromatic rings. The molecule has 1 aromatic carbocycles. The lowest BCUT2D eigenvalue weighted by molar-refractivity contribution is -0.385. The second kappa shape index (κ2) is 8.09. The van der Waals surface area contributed by atoms with Crippen molar-refractivity contribution in [3.63, 3.8) is 0 Å². The minimum absolute atomic E-state index is 0.0566. The number of rotatable bonds is 5. The third-order valence-corrected chi connectivity index (χ3v) is 4.88. The van der Waals surface area contributed by atoms with Crippen LogP contribution in [0.5, 0.6) is 0 Å². The first-order valence-corrected chi connectivity index (χ1v) is 8.47. The maximum absolute atomic E-state index is 12.2. The van der Waals surface area contributed by atoms with Gasteiger partial charge in [0, 0.05) is 24.7 Å². The molecule has 0 aliphatic heterocycles. The Labute approximate surface area is 147 Å². The monoisotopic (exact) mass is 348 g/mol. The maximum Gasteiger partial charge on any atom is 0.338 e. The minimum Gasteiger partial charge on any atom is -0.452 e. The molecule has 0 radical (unpaired) electrons. The van der Waals surface area contributed by atoms with E-state index in [9.17, 15) is 19.7 Å². The quantitative estimate of drug-likeness (QED) is 0.463. The van der Waals surface area contributed by atoms with Gasteiger partial charge in [-0.3, -0.25) is 14.9 Å². The van der Waals surface area contributed by atoms with E-state index in [1.54, 1.807) is 18.9 Å². The van der Waals surface area contributed by atoms with Gasteiger partial charge in [-0.15, -0.1) is 0 Å². The number of esters is 1. The topological polar surface area (TPSA) is 89.8 Å². The van der Waals surface area contributed by atoms with Gasteiger partial charge in [0.2, 0.25) is 0 Å². The maximum atomic E-state index is 12.2. The smallest absolute Gasteiger partial charge is 0.338 e. The number of nitro benzene ring substituents is 1. The summed E-state index contributed by atoms with van der Waals surface area (Å²) in [6.07, 6.45) is 4.14. The van der Waals surface area contributed by atoms with Crippen LogP contribution in [0.2, 0.25) is 0 Å². The Balaban J connectivity index is 1.89. The van der Waals surface area contributed by atoms with Crippen LogP contribution in [-0.4, -0.2) is 41.4 Å². The van der Waals surface area contributed by atoms with Gasteiger partial charge in [0.1, 0.15) is 0 Å². The molecule has 0 N–H and O–H groups in total. The number of benzene rings is 1. The molecule has 0 spiro atoms. The molecule has 1 saturated carbocycles. The second-order valence-electron chi connectivity index (χ2n) is 6.75. The number of carbonyl (C=O) groups excluding carboxylic acids is 2. The molecule has 0 atom stereocenters. The minimum atomic E-state index is -0.656. The van der Waals surface area contributed by atoms with Crippen molar-refractivity contribution in [1.82, 2.24) is 4.90 Å². The molecular formula is C18H24N2O5. The van der Waals surface area contributed by atoms with Gasteiger partial charge < -0.3 is 9.64 Å². The fourth-order valence-corrected chi connectivity index (χ4v) is 3.13. The van der Waals surface area contributed by atoms with E-state index in [-0.39, 0.29) is 29.8 Å². The Kier molecular flexibility index (Phi) is 6.12. The first kappa shape index (κ1) is 18.9. The number of aryl methyl sites for hydroxylation is 1. The number of hydrogen-bond donors (Lipinski definition) is 0. The summed E-state index contributed by atoms with van der Waals surface area (Å²) < 4.78 is 5.08. The van der Waals surface area contributed by atoms with Crippen molar-refractivity contribution in [2.24, 2.45) is 5.92 Å². The van der Waals surface area contributed by atoms with Crippen LogP contribution in [0.25, 0.3) is 0 Å². The molecule has 7 nitrogen and oxygen atoms in total. The molecular weight excluding hydrogens is 324 g/mol. The SMILES string of the molecule is Cc1cc(C(=O)OCC(=O)N(C)C2CCC(C)CC2)ccc1[N+](=O)[O-]. The van der Waals surface area contributed by atoms with Crippen molar-refractivity contribution < 1.29 is 19.2 Å². The Morgan fingerprint density at radius 3 is 2.48 bits per heavy atom. The van der Waals surface area contributed by atoms with Crippen LogP contribution in [0.15, 0.2) is 18.2 Å². The Morgan fingerprint density at radius 1 is 1.28 bits per heavy atom. The van der Waals surface area contributed by atoms with E-state index >= 15 is 0 Å². The van der Waals surface area contributed by atoms with Crippen molar-refractivity contribution >= 4 is 17.6 Å². The Hall–Kier alpha value is -2.44. The molecule has 0 heterocycles. The number of nitrogens with zero attached hydrogens (tertiary/aromatic N) is 2. The van der Waals surface area contributed by atoms with E-state index in [2.05, 4.69) is 6.92 Å². The summed E-state index contributed by atoms with van der Waals surface area (Å²) in [5.74, 6) is -0.188. The molecule has 0 unspecified atom stereocenters. The van der Waals surface area contributed by atoms with Crippen LogP contribution >= 0.6 is 0 Å². The van der Waals surface area contributed by atoms with Gasteiger partial charge in [0.15, 0.2) is 6.61 Å². The summed E-state index contributed by atoms with van der Waals surface area (Å²) in [5.41, 5.74) is 0.517. The molecule has 1 aliphatic carbocycles. The number of amides is 1. The van der Waals surface area contributed by atoms with Crippen LogP contribution < -0.4 is 0 Å². The summed E-state index contributed by atoms with van der Waals surface area (Å²) in [4.78, 5) is 36.3. The number of hydrogen-bond acceptors (Lipinski definition) is 5. The highest BCUT2D eigenvalue weighted by Gasteiger charge is 2.25. The third kappa shape index (κ3) is 4.78. The van der Waals surface area contributed by atoms with E-state index in [0.29, 0.717) is 11.5 Å². The van der Waals surface area contributed by atoms with Crippen LogP contribution in [0.4, 0.5) is 5.69 Å². The van der Waals surface area contributed by atoms with E-state index < -0.39 is 10.9 Å². The molecule has 136 valence electrons. The fourth-order valence-electron chi connectivity index (χ4n) is 3.13. The summed E-state index contributed by atoms with van der Waals surface area (Å²) >= 11 is 0. The lowest BCUT2D eigenvalue weighted by Crippen LogP contribution is -2.41. The van der Waals surface area contributed by atoms with Gasteiger partial charge in [0.05, 0.1) is 10.5 Å². The number of likely N-dealkylation sites (N-methyl/N-ethyl adjacent to an activating group) is 1. The molecule has 7 heteroatoms. The molecule has 0 aromatic heterocycles. The van der Waals surface area contributed by atoms with Gasteiger partial charge >= 0.3 is 5.97 Å². The first-order valence-electron chi connectivity index (χ1n) is 8.47. The predicted octanol–water partition coefficient (Wildman–Crippen LogP) is 3.10. The zero-order valence-corrected chi connectivity index (χ0v) is 14.9. The van der Waals surface area contributed by atoms with E-state index in [1.807, 2.05) is 0 Å². The average Bonchev–Trinajstić information content (AvgIpc) is 2.58. The van der Waals surface area contributed by atoms with Crippen molar-refractivity contribution in [3.8, 4) is 0 Å². The lowest BCUT2D eigenvalue weighted by atomic mass is 9.87. The van der Waals surface area contributed by atoms with Gasteiger partial charge in [-0.1, -0.05) is 6.92 Å². The van der Waals surface area contributed by atoms with E-state index in [0.717, 1.165) is 25.7 Å². The highest BCUT2D eigenvalue weighted by Crippen LogP contribution is 2.26. The number of nitro groups is 1. The van der Waals surface area contributed by atoms with Gasteiger partial charge in [-0.25, -0.2) is 4.79 Å². The molecule has 0 bridgehead atoms. The van der Waals surface area contributed by atoms with E-state index in [4.69, 9.17) is 4.74 Å². The lowest BCUT2D eigenvalue weighted by Gasteiger charge is -2.33. The van der Waals surface area contributed by atoms with Crippen molar-refractivity contribution in [2.75, 3.05) is 13.7 Å². The number of carbonyl (C=O) groups is 2. The standard InChI is InChI=1S/C18H24N2O5/c1-12-4-7-15(8-5-12)19(3)17(21)11-25-18(22)14-6-9-16(20(23)24)13(2)10-14/h6,9-10,12,15H,4-5,7-8,11H2,1-3H3. The highest BCUT2D eigenvalue weighted by molar-refractivity contribution is 5.91. The van der Waals surface area contributed by atoms with E-state index in [1.165, 1.54) is 18.2 Å². The van der Waals surface area contributed by atoms with Crippen molar-refractivity contribution in [2.45, 2.75) is 45.6 Å². The molecule has 1 aliphatic rings. The first-order chi connectivity index (χ1) is 11.8. The van der Waals surface area contributed by atoms with Crippen LogP contribution in [0.3, 0.4) is 0 Å². The second-order valence-corrected chi connectivity index (χ2v) is 6.75. The summed E-state index contributed by atoms with van der Waals surface area (Å²) in [6.45, 7) is 3.45. The number of ether oxygens (including phenoxy) is 1. The molecule has 25 heavy (non-hydrogen) atoms. The van der Waals surface area contributed by atoms with Crippen LogP contribution in [0.1, 0.15) is 48.5 Å². The largest absolute Gasteiger partial charge is 0.452 e. The van der Waals surface area contributed by atoms with Crippen LogP contribution in [-0.2, 0) is 9.53 Å². The third-order valence-electron chi connectivity index (χ3n) is 4.88. The van der Waals surface area contributed by atoms with Gasteiger partial charge in [-0.05, 0) is 50.7 Å². The van der Waals surface area contributed by atoms with Crippen molar-refractivity contribution in [3.05, 3.63) is 39.4 Å². The zero-order valence-electron chi connectivity index (χ0n) is 14.9. The Bertz CT molecular complexity index is 665. The fraction of sp³-hybridized carbons (Fsp3) is 0.556. The highest BCUT2D eigenvalue weighted by atomic mass is 16.6. The molecule has 1 fully saturated rings. The van der Waals surface area contributed by atoms with Gasteiger partial charge in [-0.2, -0.15) is 0 Å². The van der Waals surface area contributed by atoms with Crippen LogP contribution in [0, 0.1) is 23.0 Å². The molecule has 2 rings (SSSR count). The predicted molar refractivity (Wildman–Crippen MR) is 92.3 cm³/mol. The van der Waals surface area contributed by atoms with Crippen molar-refractivity contribution in [1.29, 1.82) is 0 Å². The average molecular weight is 348 g/mol.